The summed E-state index contributed by atoms with van der Waals surface area (Å²) in [5.41, 5.74) is 2.40. The van der Waals surface area contributed by atoms with Crippen LogP contribution in [0.1, 0.15) is 39.2 Å². The van der Waals surface area contributed by atoms with Crippen molar-refractivity contribution in [2.75, 3.05) is 18.8 Å². The first kappa shape index (κ1) is 22.6. The number of ether oxygens (including phenoxy) is 1. The van der Waals surface area contributed by atoms with Crippen LogP contribution in [-0.4, -0.2) is 51.4 Å². The Balaban J connectivity index is 1.73. The Morgan fingerprint density at radius 3 is 2.47 bits per heavy atom. The second-order valence-corrected chi connectivity index (χ2v) is 9.55. The lowest BCUT2D eigenvalue weighted by atomic mass is 10.0. The second kappa shape index (κ2) is 9.46. The molecule has 2 aromatic carbocycles. The summed E-state index contributed by atoms with van der Waals surface area (Å²) in [6.07, 6.45) is 0.0326. The van der Waals surface area contributed by atoms with Gasteiger partial charge in [0.15, 0.2) is 5.16 Å². The summed E-state index contributed by atoms with van der Waals surface area (Å²) in [5.74, 6) is 0.483. The van der Waals surface area contributed by atoms with Crippen molar-refractivity contribution in [3.05, 3.63) is 64.4 Å². The molecule has 2 unspecified atom stereocenters. The van der Waals surface area contributed by atoms with Crippen LogP contribution in [0, 0.1) is 0 Å². The third-order valence-corrected chi connectivity index (χ3v) is 6.57. The lowest BCUT2D eigenvalue weighted by Crippen LogP contribution is -2.48. The summed E-state index contributed by atoms with van der Waals surface area (Å²) in [6.45, 7) is 9.34. The molecule has 1 amide bonds. The van der Waals surface area contributed by atoms with E-state index in [1.165, 1.54) is 11.8 Å². The van der Waals surface area contributed by atoms with Crippen LogP contribution in [0.2, 0.25) is 0 Å². The molecule has 1 aliphatic rings. The van der Waals surface area contributed by atoms with Gasteiger partial charge in [-0.25, -0.2) is 4.98 Å². The number of benzene rings is 2. The molecule has 3 aromatic rings. The molecule has 0 N–H and O–H groups in total. The third kappa shape index (κ3) is 4.59. The van der Waals surface area contributed by atoms with Crippen molar-refractivity contribution >= 4 is 28.6 Å². The highest BCUT2D eigenvalue weighted by Gasteiger charge is 2.26. The zero-order valence-electron chi connectivity index (χ0n) is 18.9. The second-order valence-electron chi connectivity index (χ2n) is 8.61. The van der Waals surface area contributed by atoms with Gasteiger partial charge in [0.1, 0.15) is 0 Å². The van der Waals surface area contributed by atoms with E-state index >= 15 is 0 Å². The number of carbonyl (C=O) groups excluding carboxylic acids is 1. The molecule has 2 heterocycles. The molecule has 1 aromatic heterocycles. The number of fused-ring (bicyclic) bond motifs is 1. The fraction of sp³-hybridized carbons (Fsp3) is 0.400. The number of thioether (sulfide) groups is 1. The Morgan fingerprint density at radius 2 is 1.75 bits per heavy atom. The maximum Gasteiger partial charge on any atom is 0.266 e. The molecule has 0 bridgehead atoms. The molecule has 1 aliphatic heterocycles. The van der Waals surface area contributed by atoms with Gasteiger partial charge in [0.2, 0.25) is 5.91 Å². The van der Waals surface area contributed by atoms with Gasteiger partial charge in [0.25, 0.3) is 5.56 Å². The van der Waals surface area contributed by atoms with E-state index in [9.17, 15) is 9.59 Å². The minimum atomic E-state index is -0.118. The van der Waals surface area contributed by atoms with Crippen LogP contribution >= 0.6 is 11.8 Å². The van der Waals surface area contributed by atoms with Gasteiger partial charge in [0.05, 0.1) is 34.6 Å². The molecule has 4 rings (SSSR count). The van der Waals surface area contributed by atoms with Gasteiger partial charge in [-0.2, -0.15) is 0 Å². The maximum absolute atomic E-state index is 13.6. The van der Waals surface area contributed by atoms with E-state index in [0.29, 0.717) is 29.1 Å². The number of aromatic nitrogens is 2. The van der Waals surface area contributed by atoms with Crippen LogP contribution in [0.15, 0.2) is 58.5 Å². The monoisotopic (exact) mass is 451 g/mol. The molecule has 7 heteroatoms. The largest absolute Gasteiger partial charge is 0.372 e. The highest BCUT2D eigenvalue weighted by molar-refractivity contribution is 7.99. The standard InChI is InChI=1S/C25H29N3O3S/c1-16(2)19-9-6-8-12-22(19)28-24(30)20-10-5-7-11-21(20)26-25(28)32-15-23(29)27-13-17(3)31-18(4)14-27/h5-12,16-18H,13-15H2,1-4H3. The van der Waals surface area contributed by atoms with Crippen molar-refractivity contribution in [2.45, 2.75) is 51.0 Å². The summed E-state index contributed by atoms with van der Waals surface area (Å²) in [6, 6.07) is 15.3. The summed E-state index contributed by atoms with van der Waals surface area (Å²) in [4.78, 5) is 33.2. The number of rotatable bonds is 5. The molecular weight excluding hydrogens is 422 g/mol. The first-order valence-corrected chi connectivity index (χ1v) is 12.0. The Kier molecular flexibility index (Phi) is 6.67. The van der Waals surface area contributed by atoms with Crippen molar-refractivity contribution in [1.82, 2.24) is 14.5 Å². The molecule has 6 nitrogen and oxygen atoms in total. The van der Waals surface area contributed by atoms with E-state index in [4.69, 9.17) is 9.72 Å². The average Bonchev–Trinajstić information content (AvgIpc) is 2.77. The molecule has 0 radical (unpaired) electrons. The van der Waals surface area contributed by atoms with E-state index < -0.39 is 0 Å². The van der Waals surface area contributed by atoms with E-state index in [0.717, 1.165) is 11.3 Å². The fourth-order valence-electron chi connectivity index (χ4n) is 4.20. The van der Waals surface area contributed by atoms with Crippen molar-refractivity contribution in [3.8, 4) is 5.69 Å². The van der Waals surface area contributed by atoms with Gasteiger partial charge in [-0.3, -0.25) is 14.2 Å². The Morgan fingerprint density at radius 1 is 1.09 bits per heavy atom. The number of para-hydroxylation sites is 2. The fourth-order valence-corrected chi connectivity index (χ4v) is 5.11. The predicted octanol–water partition coefficient (Wildman–Crippen LogP) is 4.24. The molecular formula is C25H29N3O3S. The Bertz CT molecular complexity index is 1180. The van der Waals surface area contributed by atoms with E-state index in [1.807, 2.05) is 61.2 Å². The number of hydrogen-bond acceptors (Lipinski definition) is 5. The van der Waals surface area contributed by atoms with Crippen LogP contribution in [0.25, 0.3) is 16.6 Å². The van der Waals surface area contributed by atoms with E-state index in [1.54, 1.807) is 10.6 Å². The topological polar surface area (TPSA) is 64.4 Å². The number of hydrogen-bond donors (Lipinski definition) is 0. The zero-order valence-corrected chi connectivity index (χ0v) is 19.8. The lowest BCUT2D eigenvalue weighted by Gasteiger charge is -2.35. The molecule has 32 heavy (non-hydrogen) atoms. The van der Waals surface area contributed by atoms with E-state index in [2.05, 4.69) is 13.8 Å². The maximum atomic E-state index is 13.6. The minimum Gasteiger partial charge on any atom is -0.372 e. The van der Waals surface area contributed by atoms with Crippen LogP contribution in [0.5, 0.6) is 0 Å². The van der Waals surface area contributed by atoms with Gasteiger partial charge in [0, 0.05) is 13.1 Å². The first-order chi connectivity index (χ1) is 15.3. The van der Waals surface area contributed by atoms with Crippen molar-refractivity contribution in [3.63, 3.8) is 0 Å². The van der Waals surface area contributed by atoms with Gasteiger partial charge in [-0.05, 0) is 43.5 Å². The molecule has 1 saturated heterocycles. The average molecular weight is 452 g/mol. The lowest BCUT2D eigenvalue weighted by molar-refractivity contribution is -0.140. The summed E-state index contributed by atoms with van der Waals surface area (Å²) >= 11 is 1.32. The van der Waals surface area contributed by atoms with Crippen LogP contribution < -0.4 is 5.56 Å². The van der Waals surface area contributed by atoms with Gasteiger partial charge in [-0.15, -0.1) is 0 Å². The highest BCUT2D eigenvalue weighted by atomic mass is 32.2. The van der Waals surface area contributed by atoms with Crippen molar-refractivity contribution < 1.29 is 9.53 Å². The predicted molar refractivity (Wildman–Crippen MR) is 129 cm³/mol. The number of carbonyl (C=O) groups is 1. The van der Waals surface area contributed by atoms with Gasteiger partial charge in [-0.1, -0.05) is 55.9 Å². The van der Waals surface area contributed by atoms with Crippen LogP contribution in [-0.2, 0) is 9.53 Å². The van der Waals surface area contributed by atoms with Crippen LogP contribution in [0.4, 0.5) is 0 Å². The van der Waals surface area contributed by atoms with Gasteiger partial charge < -0.3 is 9.64 Å². The molecule has 2 atom stereocenters. The molecule has 168 valence electrons. The van der Waals surface area contributed by atoms with E-state index in [-0.39, 0.29) is 35.3 Å². The molecule has 0 saturated carbocycles. The van der Waals surface area contributed by atoms with Crippen LogP contribution in [0.3, 0.4) is 0 Å². The Labute approximate surface area is 192 Å². The summed E-state index contributed by atoms with van der Waals surface area (Å²) < 4.78 is 7.41. The SMILES string of the molecule is CC1CN(C(=O)CSc2nc3ccccc3c(=O)n2-c2ccccc2C(C)C)CC(C)O1. The number of nitrogens with zero attached hydrogens (tertiary/aromatic N) is 3. The first-order valence-electron chi connectivity index (χ1n) is 11.0. The summed E-state index contributed by atoms with van der Waals surface area (Å²) in [5, 5.41) is 1.10. The zero-order chi connectivity index (χ0) is 22.8. The molecule has 0 spiro atoms. The van der Waals surface area contributed by atoms with Crippen molar-refractivity contribution in [2.24, 2.45) is 0 Å². The molecule has 1 fully saturated rings. The quantitative estimate of drug-likeness (QED) is 0.429. The van der Waals surface area contributed by atoms with Gasteiger partial charge >= 0.3 is 0 Å². The number of amides is 1. The third-order valence-electron chi connectivity index (χ3n) is 5.64. The minimum absolute atomic E-state index is 0.0163. The van der Waals surface area contributed by atoms with Crippen molar-refractivity contribution in [1.29, 1.82) is 0 Å². The molecule has 0 aliphatic carbocycles. The highest BCUT2D eigenvalue weighted by Crippen LogP contribution is 2.27. The number of morpholine rings is 1. The normalized spacial score (nSPS) is 19.0. The smallest absolute Gasteiger partial charge is 0.266 e. The Hall–Kier alpha value is -2.64. The summed E-state index contributed by atoms with van der Waals surface area (Å²) in [7, 11) is 0.